The minimum absolute atomic E-state index is 0.0166. The monoisotopic (exact) mass is 505 g/mol. The molecule has 0 spiro atoms. The van der Waals surface area contributed by atoms with Crippen LogP contribution in [0.5, 0.6) is 0 Å². The molecule has 1 amide bonds. The maximum absolute atomic E-state index is 13.0. The van der Waals surface area contributed by atoms with Crippen LogP contribution in [0.2, 0.25) is 0 Å². The predicted molar refractivity (Wildman–Crippen MR) is 144 cm³/mol. The second-order valence-corrected chi connectivity index (χ2v) is 12.0. The highest BCUT2D eigenvalue weighted by atomic mass is 32.2. The summed E-state index contributed by atoms with van der Waals surface area (Å²) < 4.78 is 27.6. The fourth-order valence-electron chi connectivity index (χ4n) is 5.41. The molecular weight excluding hydrogens is 470 g/mol. The number of amides is 1. The fourth-order valence-corrected chi connectivity index (χ4v) is 6.93. The molecule has 2 heterocycles. The summed E-state index contributed by atoms with van der Waals surface area (Å²) in [7, 11) is -3.48. The van der Waals surface area contributed by atoms with Gasteiger partial charge in [0.25, 0.3) is 0 Å². The quantitative estimate of drug-likeness (QED) is 0.496. The maximum atomic E-state index is 13.0. The number of benzene rings is 3. The van der Waals surface area contributed by atoms with Gasteiger partial charge < -0.3 is 5.32 Å². The number of nitrogens with zero attached hydrogens (tertiary/aromatic N) is 2. The van der Waals surface area contributed by atoms with Crippen LogP contribution >= 0.6 is 0 Å². The van der Waals surface area contributed by atoms with Crippen molar-refractivity contribution in [1.82, 2.24) is 9.21 Å². The Morgan fingerprint density at radius 2 is 1.47 bits per heavy atom. The van der Waals surface area contributed by atoms with E-state index in [1.54, 1.807) is 28.6 Å². The van der Waals surface area contributed by atoms with Crippen molar-refractivity contribution in [1.29, 1.82) is 0 Å². The summed E-state index contributed by atoms with van der Waals surface area (Å²) >= 11 is 0. The van der Waals surface area contributed by atoms with Crippen molar-refractivity contribution in [2.45, 2.75) is 50.0 Å². The first kappa shape index (κ1) is 24.9. The average molecular weight is 506 g/mol. The number of hydrogen-bond donors (Lipinski definition) is 1. The van der Waals surface area contributed by atoms with Gasteiger partial charge in [-0.15, -0.1) is 0 Å². The van der Waals surface area contributed by atoms with Crippen LogP contribution in [0.25, 0.3) is 10.8 Å². The van der Waals surface area contributed by atoms with Gasteiger partial charge in [-0.1, -0.05) is 55.3 Å². The van der Waals surface area contributed by atoms with Gasteiger partial charge in [-0.2, -0.15) is 4.31 Å². The molecule has 0 aliphatic carbocycles. The maximum Gasteiger partial charge on any atom is 0.243 e. The minimum Gasteiger partial charge on any atom is -0.326 e. The molecule has 6 nitrogen and oxygen atoms in total. The van der Waals surface area contributed by atoms with Gasteiger partial charge in [-0.3, -0.25) is 9.69 Å². The molecular formula is C29H35N3O3S. The molecule has 0 atom stereocenters. The van der Waals surface area contributed by atoms with Gasteiger partial charge in [0.1, 0.15) is 0 Å². The number of likely N-dealkylation sites (tertiary alicyclic amines) is 1. The van der Waals surface area contributed by atoms with Crippen LogP contribution in [0.1, 0.15) is 44.1 Å². The van der Waals surface area contributed by atoms with E-state index in [-0.39, 0.29) is 11.8 Å². The third-order valence-electron chi connectivity index (χ3n) is 7.56. The van der Waals surface area contributed by atoms with E-state index < -0.39 is 10.0 Å². The van der Waals surface area contributed by atoms with Gasteiger partial charge in [-0.25, -0.2) is 8.42 Å². The SMILES string of the molecule is O=C(Nc1ccc(S(=O)(=O)N2CCCCCC2)cc1)C1CCN(Cc2cccc3ccccc23)CC1. The Bertz CT molecular complexity index is 1290. The largest absolute Gasteiger partial charge is 0.326 e. The van der Waals surface area contributed by atoms with E-state index >= 15 is 0 Å². The third-order valence-corrected chi connectivity index (χ3v) is 9.47. The Balaban J connectivity index is 1.15. The highest BCUT2D eigenvalue weighted by Gasteiger charge is 2.27. The molecule has 5 rings (SSSR count). The van der Waals surface area contributed by atoms with Gasteiger partial charge in [0.2, 0.25) is 15.9 Å². The molecule has 0 bridgehead atoms. The predicted octanol–water partition coefficient (Wildman–Crippen LogP) is 5.26. The van der Waals surface area contributed by atoms with Gasteiger partial charge >= 0.3 is 0 Å². The lowest BCUT2D eigenvalue weighted by molar-refractivity contribution is -0.121. The topological polar surface area (TPSA) is 69.7 Å². The number of carbonyl (C=O) groups is 1. The molecule has 3 aromatic carbocycles. The van der Waals surface area contributed by atoms with Crippen LogP contribution in [0.15, 0.2) is 71.6 Å². The Hall–Kier alpha value is -2.74. The second-order valence-electron chi connectivity index (χ2n) is 10.0. The average Bonchev–Trinajstić information content (AvgIpc) is 3.20. The lowest BCUT2D eigenvalue weighted by atomic mass is 9.95. The summed E-state index contributed by atoms with van der Waals surface area (Å²) in [5.41, 5.74) is 1.97. The minimum atomic E-state index is -3.48. The lowest BCUT2D eigenvalue weighted by Crippen LogP contribution is -2.37. The number of carbonyl (C=O) groups excluding carboxylic acids is 1. The highest BCUT2D eigenvalue weighted by molar-refractivity contribution is 7.89. The standard InChI is InChI=1S/C29H35N3O3S/c33-29(30-26-12-14-27(15-13-26)36(34,35)32-18-5-1-2-6-19-32)24-16-20-31(21-17-24)22-25-10-7-9-23-8-3-4-11-28(23)25/h3-4,7-15,24H,1-2,5-6,16-22H2,(H,30,33). The lowest BCUT2D eigenvalue weighted by Gasteiger charge is -2.31. The van der Waals surface area contributed by atoms with Crippen LogP contribution in [0, 0.1) is 5.92 Å². The van der Waals surface area contributed by atoms with Crippen molar-refractivity contribution in [3.8, 4) is 0 Å². The summed E-state index contributed by atoms with van der Waals surface area (Å²) in [5, 5.41) is 5.55. The normalized spacial score (nSPS) is 18.7. The molecule has 0 radical (unpaired) electrons. The van der Waals surface area contributed by atoms with Crippen LogP contribution < -0.4 is 5.32 Å². The zero-order chi connectivity index (χ0) is 25.0. The number of anilines is 1. The van der Waals surface area contributed by atoms with E-state index in [0.29, 0.717) is 23.7 Å². The summed E-state index contributed by atoms with van der Waals surface area (Å²) in [4.78, 5) is 15.6. The molecule has 7 heteroatoms. The first-order valence-corrected chi connectivity index (χ1v) is 14.5. The molecule has 3 aromatic rings. The number of rotatable bonds is 6. The first-order valence-electron chi connectivity index (χ1n) is 13.1. The second kappa shape index (κ2) is 11.1. The molecule has 0 aromatic heterocycles. The molecule has 2 saturated heterocycles. The zero-order valence-corrected chi connectivity index (χ0v) is 21.6. The van der Waals surface area contributed by atoms with E-state index in [1.807, 2.05) is 0 Å². The van der Waals surface area contributed by atoms with Crippen LogP contribution in [-0.4, -0.2) is 49.7 Å². The zero-order valence-electron chi connectivity index (χ0n) is 20.7. The molecule has 190 valence electrons. The number of sulfonamides is 1. The summed E-state index contributed by atoms with van der Waals surface area (Å²) in [6, 6.07) is 21.6. The van der Waals surface area contributed by atoms with Gasteiger partial charge in [0, 0.05) is 31.2 Å². The molecule has 2 aliphatic heterocycles. The van der Waals surface area contributed by atoms with Crippen LogP contribution in [-0.2, 0) is 21.4 Å². The number of hydrogen-bond acceptors (Lipinski definition) is 4. The Kier molecular flexibility index (Phi) is 7.70. The summed E-state index contributed by atoms with van der Waals surface area (Å²) in [6.45, 7) is 3.82. The Labute approximate surface area is 214 Å². The number of nitrogens with one attached hydrogen (secondary N) is 1. The highest BCUT2D eigenvalue weighted by Crippen LogP contribution is 2.26. The smallest absolute Gasteiger partial charge is 0.243 e. The van der Waals surface area contributed by atoms with Crippen molar-refractivity contribution < 1.29 is 13.2 Å². The van der Waals surface area contributed by atoms with E-state index in [1.165, 1.54) is 16.3 Å². The van der Waals surface area contributed by atoms with Crippen molar-refractivity contribution in [2.75, 3.05) is 31.5 Å². The Morgan fingerprint density at radius 3 is 2.19 bits per heavy atom. The molecule has 0 saturated carbocycles. The van der Waals surface area contributed by atoms with Crippen molar-refractivity contribution in [3.63, 3.8) is 0 Å². The van der Waals surface area contributed by atoms with Crippen LogP contribution in [0.3, 0.4) is 0 Å². The molecule has 2 aliphatic rings. The molecule has 36 heavy (non-hydrogen) atoms. The number of fused-ring (bicyclic) bond motifs is 1. The molecule has 1 N–H and O–H groups in total. The molecule has 2 fully saturated rings. The molecule has 0 unspecified atom stereocenters. The van der Waals surface area contributed by atoms with Crippen molar-refractivity contribution >= 4 is 32.4 Å². The van der Waals surface area contributed by atoms with Crippen molar-refractivity contribution in [2.24, 2.45) is 5.92 Å². The van der Waals surface area contributed by atoms with Gasteiger partial charge in [-0.05, 0) is 79.4 Å². The van der Waals surface area contributed by atoms with Crippen LogP contribution in [0.4, 0.5) is 5.69 Å². The van der Waals surface area contributed by atoms with E-state index in [0.717, 1.165) is 58.2 Å². The first-order chi connectivity index (χ1) is 17.5. The third kappa shape index (κ3) is 5.64. The van der Waals surface area contributed by atoms with E-state index in [9.17, 15) is 13.2 Å². The van der Waals surface area contributed by atoms with Crippen molar-refractivity contribution in [3.05, 3.63) is 72.3 Å². The van der Waals surface area contributed by atoms with Gasteiger partial charge in [0.15, 0.2) is 0 Å². The van der Waals surface area contributed by atoms with E-state index in [4.69, 9.17) is 0 Å². The summed E-state index contributed by atoms with van der Waals surface area (Å²) in [5.74, 6) is -0.0165. The van der Waals surface area contributed by atoms with Gasteiger partial charge in [0.05, 0.1) is 4.90 Å². The number of piperidine rings is 1. The fraction of sp³-hybridized carbons (Fsp3) is 0.414. The Morgan fingerprint density at radius 1 is 0.806 bits per heavy atom. The van der Waals surface area contributed by atoms with E-state index in [2.05, 4.69) is 52.7 Å². The summed E-state index contributed by atoms with van der Waals surface area (Å²) in [6.07, 6.45) is 5.62.